The molecule has 0 aliphatic carbocycles. The van der Waals surface area contributed by atoms with Gasteiger partial charge in [-0.15, -0.1) is 0 Å². The number of hydrogen-bond acceptors (Lipinski definition) is 3. The van der Waals surface area contributed by atoms with E-state index in [0.717, 1.165) is 45.0 Å². The Kier molecular flexibility index (Phi) is 3.65. The van der Waals surface area contributed by atoms with Crippen molar-refractivity contribution in [3.8, 4) is 5.75 Å². The maximum absolute atomic E-state index is 6.10. The molecular weight excluding hydrogens is 238 g/mol. The molecule has 1 atom stereocenters. The summed E-state index contributed by atoms with van der Waals surface area (Å²) in [5.74, 6) is 1.00. The molecule has 0 aromatic heterocycles. The number of nitrogens with one attached hydrogen (secondary N) is 1. The average Bonchev–Trinajstić information content (AvgIpc) is 2.46. The molecule has 1 unspecified atom stereocenters. The van der Waals surface area contributed by atoms with Gasteiger partial charge in [0.25, 0.3) is 0 Å². The first-order valence-corrected chi connectivity index (χ1v) is 7.33. The Morgan fingerprint density at radius 2 is 2.32 bits per heavy atom. The van der Waals surface area contributed by atoms with Gasteiger partial charge in [-0.25, -0.2) is 0 Å². The molecule has 2 aliphatic rings. The summed E-state index contributed by atoms with van der Waals surface area (Å²) in [6.07, 6.45) is 4.70. The maximum Gasteiger partial charge on any atom is 0.142 e. The summed E-state index contributed by atoms with van der Waals surface area (Å²) in [4.78, 5) is 0. The van der Waals surface area contributed by atoms with E-state index in [1.165, 1.54) is 24.1 Å². The van der Waals surface area contributed by atoms with E-state index in [4.69, 9.17) is 9.47 Å². The zero-order valence-electron chi connectivity index (χ0n) is 11.7. The summed E-state index contributed by atoms with van der Waals surface area (Å²) in [7, 11) is 0. The molecule has 2 heterocycles. The lowest BCUT2D eigenvalue weighted by atomic mass is 9.86. The fourth-order valence-corrected chi connectivity index (χ4v) is 2.96. The number of anilines is 1. The molecule has 0 radical (unpaired) electrons. The minimum atomic E-state index is 0.162. The third-order valence-corrected chi connectivity index (χ3v) is 4.13. The standard InChI is InChI=1S/C16H23NO2/c1-16(8-4-10-18-11-16)12-19-14-7-2-5-13-6-3-9-17-15(13)14/h2,5,7,17H,3-4,6,8-12H2,1H3. The second kappa shape index (κ2) is 5.41. The minimum Gasteiger partial charge on any atom is -0.491 e. The van der Waals surface area contributed by atoms with Crippen LogP contribution in [0.2, 0.25) is 0 Å². The number of ether oxygens (including phenoxy) is 2. The Morgan fingerprint density at radius 3 is 3.16 bits per heavy atom. The molecule has 3 nitrogen and oxygen atoms in total. The molecule has 3 rings (SSSR count). The quantitative estimate of drug-likeness (QED) is 0.906. The summed E-state index contributed by atoms with van der Waals surface area (Å²) in [6.45, 7) is 5.77. The van der Waals surface area contributed by atoms with Gasteiger partial charge in [-0.1, -0.05) is 19.1 Å². The van der Waals surface area contributed by atoms with Gasteiger partial charge in [0.2, 0.25) is 0 Å². The number of fused-ring (bicyclic) bond motifs is 1. The number of benzene rings is 1. The van der Waals surface area contributed by atoms with Crippen LogP contribution >= 0.6 is 0 Å². The van der Waals surface area contributed by atoms with Gasteiger partial charge in [-0.3, -0.25) is 0 Å². The van der Waals surface area contributed by atoms with E-state index >= 15 is 0 Å². The van der Waals surface area contributed by atoms with E-state index < -0.39 is 0 Å². The van der Waals surface area contributed by atoms with Crippen LogP contribution in [0.5, 0.6) is 5.75 Å². The van der Waals surface area contributed by atoms with Crippen molar-refractivity contribution >= 4 is 5.69 Å². The molecular formula is C16H23NO2. The van der Waals surface area contributed by atoms with Crippen molar-refractivity contribution in [1.29, 1.82) is 0 Å². The topological polar surface area (TPSA) is 30.5 Å². The molecule has 3 heteroatoms. The Bertz CT molecular complexity index is 438. The highest BCUT2D eigenvalue weighted by Crippen LogP contribution is 2.34. The van der Waals surface area contributed by atoms with Gasteiger partial charge in [-0.05, 0) is 37.3 Å². The van der Waals surface area contributed by atoms with Gasteiger partial charge in [-0.2, -0.15) is 0 Å². The van der Waals surface area contributed by atoms with Crippen LogP contribution in [0.1, 0.15) is 31.7 Å². The molecule has 1 aromatic carbocycles. The third kappa shape index (κ3) is 2.86. The number of rotatable bonds is 3. The van der Waals surface area contributed by atoms with Crippen molar-refractivity contribution in [2.75, 3.05) is 31.7 Å². The van der Waals surface area contributed by atoms with E-state index in [1.807, 2.05) is 0 Å². The van der Waals surface area contributed by atoms with E-state index in [9.17, 15) is 0 Å². The van der Waals surface area contributed by atoms with Crippen LogP contribution in [-0.4, -0.2) is 26.4 Å². The summed E-state index contributed by atoms with van der Waals surface area (Å²) in [5, 5.41) is 3.48. The van der Waals surface area contributed by atoms with Gasteiger partial charge in [0.1, 0.15) is 5.75 Å². The lowest BCUT2D eigenvalue weighted by Crippen LogP contribution is -2.34. The summed E-state index contributed by atoms with van der Waals surface area (Å²) < 4.78 is 11.7. The van der Waals surface area contributed by atoms with Crippen molar-refractivity contribution in [2.45, 2.75) is 32.6 Å². The predicted molar refractivity (Wildman–Crippen MR) is 76.9 cm³/mol. The molecule has 1 N–H and O–H groups in total. The van der Waals surface area contributed by atoms with Crippen molar-refractivity contribution in [2.24, 2.45) is 5.41 Å². The normalized spacial score (nSPS) is 26.4. The molecule has 19 heavy (non-hydrogen) atoms. The van der Waals surface area contributed by atoms with Crippen molar-refractivity contribution < 1.29 is 9.47 Å². The first kappa shape index (κ1) is 12.8. The Hall–Kier alpha value is -1.22. The lowest BCUT2D eigenvalue weighted by molar-refractivity contribution is -0.0213. The Labute approximate surface area is 115 Å². The fourth-order valence-electron chi connectivity index (χ4n) is 2.96. The molecule has 0 amide bonds. The highest BCUT2D eigenvalue weighted by atomic mass is 16.5. The minimum absolute atomic E-state index is 0.162. The van der Waals surface area contributed by atoms with Crippen LogP contribution in [-0.2, 0) is 11.2 Å². The van der Waals surface area contributed by atoms with Crippen molar-refractivity contribution in [1.82, 2.24) is 0 Å². The molecule has 1 saturated heterocycles. The average molecular weight is 261 g/mol. The first-order valence-electron chi connectivity index (χ1n) is 7.33. The maximum atomic E-state index is 6.10. The van der Waals surface area contributed by atoms with Gasteiger partial charge in [0, 0.05) is 18.6 Å². The van der Waals surface area contributed by atoms with Crippen molar-refractivity contribution in [3.05, 3.63) is 23.8 Å². The van der Waals surface area contributed by atoms with E-state index in [0.29, 0.717) is 0 Å². The van der Waals surface area contributed by atoms with Crippen LogP contribution < -0.4 is 10.1 Å². The molecule has 1 aromatic rings. The summed E-state index contributed by atoms with van der Waals surface area (Å²) in [5.41, 5.74) is 2.75. The van der Waals surface area contributed by atoms with E-state index in [-0.39, 0.29) is 5.41 Å². The smallest absolute Gasteiger partial charge is 0.142 e. The molecule has 1 fully saturated rings. The molecule has 0 saturated carbocycles. The predicted octanol–water partition coefficient (Wildman–Crippen LogP) is 3.24. The highest BCUT2D eigenvalue weighted by Gasteiger charge is 2.29. The van der Waals surface area contributed by atoms with Crippen LogP contribution in [0.3, 0.4) is 0 Å². The zero-order chi connectivity index (χ0) is 13.1. The molecule has 2 aliphatic heterocycles. The fraction of sp³-hybridized carbons (Fsp3) is 0.625. The third-order valence-electron chi connectivity index (χ3n) is 4.13. The molecule has 104 valence electrons. The summed E-state index contributed by atoms with van der Waals surface area (Å²) in [6, 6.07) is 6.37. The second-order valence-electron chi connectivity index (χ2n) is 6.08. The highest BCUT2D eigenvalue weighted by molar-refractivity contribution is 5.63. The number of para-hydroxylation sites is 1. The Balaban J connectivity index is 1.69. The Morgan fingerprint density at radius 1 is 1.37 bits per heavy atom. The van der Waals surface area contributed by atoms with E-state index in [2.05, 4.69) is 30.4 Å². The second-order valence-corrected chi connectivity index (χ2v) is 6.08. The van der Waals surface area contributed by atoms with Gasteiger partial charge in [0.15, 0.2) is 0 Å². The largest absolute Gasteiger partial charge is 0.491 e. The zero-order valence-corrected chi connectivity index (χ0v) is 11.7. The van der Waals surface area contributed by atoms with Crippen LogP contribution in [0.25, 0.3) is 0 Å². The van der Waals surface area contributed by atoms with E-state index in [1.54, 1.807) is 0 Å². The van der Waals surface area contributed by atoms with Gasteiger partial charge in [0.05, 0.1) is 18.9 Å². The number of hydrogen-bond donors (Lipinski definition) is 1. The van der Waals surface area contributed by atoms with Crippen LogP contribution in [0.4, 0.5) is 5.69 Å². The lowest BCUT2D eigenvalue weighted by Gasteiger charge is -2.33. The number of aryl methyl sites for hydroxylation is 1. The summed E-state index contributed by atoms with van der Waals surface area (Å²) >= 11 is 0. The SMILES string of the molecule is CC1(COc2cccc3c2NCCC3)CCCOC1. The monoisotopic (exact) mass is 261 g/mol. The molecule has 0 bridgehead atoms. The van der Waals surface area contributed by atoms with Crippen molar-refractivity contribution in [3.63, 3.8) is 0 Å². The van der Waals surface area contributed by atoms with Crippen LogP contribution in [0.15, 0.2) is 18.2 Å². The first-order chi connectivity index (χ1) is 9.27. The van der Waals surface area contributed by atoms with Crippen LogP contribution in [0, 0.1) is 5.41 Å². The van der Waals surface area contributed by atoms with Gasteiger partial charge < -0.3 is 14.8 Å². The molecule has 0 spiro atoms. The van der Waals surface area contributed by atoms with Gasteiger partial charge >= 0.3 is 0 Å².